The van der Waals surface area contributed by atoms with Gasteiger partial charge >= 0.3 is 0 Å². The second-order valence-corrected chi connectivity index (χ2v) is 6.23. The van der Waals surface area contributed by atoms with E-state index in [0.717, 1.165) is 11.4 Å². The van der Waals surface area contributed by atoms with Crippen molar-refractivity contribution < 1.29 is 9.59 Å². The molecule has 3 aromatic rings. The molecule has 9 nitrogen and oxygen atoms in total. The fourth-order valence-corrected chi connectivity index (χ4v) is 2.88. The van der Waals surface area contributed by atoms with Crippen LogP contribution in [0.1, 0.15) is 24.2 Å². The highest BCUT2D eigenvalue weighted by atomic mass is 16.2. The van der Waals surface area contributed by atoms with E-state index < -0.39 is 5.91 Å². The van der Waals surface area contributed by atoms with Gasteiger partial charge in [-0.3, -0.25) is 14.9 Å². The number of amides is 2. The van der Waals surface area contributed by atoms with Crippen LogP contribution in [0.25, 0.3) is 5.78 Å². The predicted molar refractivity (Wildman–Crippen MR) is 99.5 cm³/mol. The summed E-state index contributed by atoms with van der Waals surface area (Å²) in [5, 5.41) is 12.4. The monoisotopic (exact) mass is 363 g/mol. The number of hydrazone groups is 1. The molecule has 0 atom stereocenters. The van der Waals surface area contributed by atoms with Crippen molar-refractivity contribution in [2.75, 3.05) is 10.3 Å². The van der Waals surface area contributed by atoms with Crippen LogP contribution in [0.2, 0.25) is 0 Å². The number of aromatic nitrogens is 4. The summed E-state index contributed by atoms with van der Waals surface area (Å²) in [6, 6.07) is 10.9. The van der Waals surface area contributed by atoms with Gasteiger partial charge in [-0.25, -0.2) is 9.99 Å². The molecule has 1 aromatic carbocycles. The van der Waals surface area contributed by atoms with E-state index in [1.165, 1.54) is 5.01 Å². The maximum Gasteiger partial charge on any atom is 0.274 e. The number of hydrogen-bond donors (Lipinski definition) is 1. The molecule has 1 aliphatic rings. The van der Waals surface area contributed by atoms with Gasteiger partial charge < -0.3 is 0 Å². The number of nitrogens with one attached hydrogen (secondary N) is 1. The van der Waals surface area contributed by atoms with Crippen molar-refractivity contribution >= 4 is 34.9 Å². The lowest BCUT2D eigenvalue weighted by molar-refractivity contribution is -0.118. The summed E-state index contributed by atoms with van der Waals surface area (Å²) in [5.74, 6) is -0.0332. The molecule has 0 saturated heterocycles. The van der Waals surface area contributed by atoms with Crippen molar-refractivity contribution in [1.29, 1.82) is 0 Å². The Morgan fingerprint density at radius 1 is 1.11 bits per heavy atom. The molecule has 0 aliphatic carbocycles. The lowest BCUT2D eigenvalue weighted by atomic mass is 10.1. The summed E-state index contributed by atoms with van der Waals surface area (Å²) in [4.78, 5) is 33.3. The van der Waals surface area contributed by atoms with E-state index >= 15 is 0 Å². The van der Waals surface area contributed by atoms with Gasteiger partial charge in [0.05, 0.1) is 5.69 Å². The average molecular weight is 363 g/mol. The number of anilines is 2. The number of para-hydroxylation sites is 1. The summed E-state index contributed by atoms with van der Waals surface area (Å²) in [5.41, 5.74) is 2.55. The van der Waals surface area contributed by atoms with Crippen LogP contribution in [0.5, 0.6) is 0 Å². The molecule has 9 heteroatoms. The Balaban J connectivity index is 1.59. The zero-order chi connectivity index (χ0) is 19.0. The molecule has 3 heterocycles. The molecule has 0 unspecified atom stereocenters. The fourth-order valence-electron chi connectivity index (χ4n) is 2.88. The van der Waals surface area contributed by atoms with Crippen LogP contribution in [0.15, 0.2) is 41.5 Å². The number of rotatable bonds is 3. The molecule has 2 amide bonds. The summed E-state index contributed by atoms with van der Waals surface area (Å²) >= 11 is 0. The minimum Gasteiger partial charge on any atom is -0.288 e. The molecule has 0 radical (unpaired) electrons. The summed E-state index contributed by atoms with van der Waals surface area (Å²) in [6.07, 6.45) is 0.470. The molecule has 4 rings (SSSR count). The van der Waals surface area contributed by atoms with Crippen LogP contribution in [0, 0.1) is 13.8 Å². The van der Waals surface area contributed by atoms with E-state index in [2.05, 4.69) is 25.5 Å². The Hall–Kier alpha value is -3.62. The Bertz CT molecular complexity index is 1070. The summed E-state index contributed by atoms with van der Waals surface area (Å²) < 4.78 is 1.56. The Labute approximate surface area is 154 Å². The third kappa shape index (κ3) is 3.26. The number of aryl methyl sites for hydroxylation is 2. The van der Waals surface area contributed by atoms with E-state index in [1.807, 2.05) is 38.1 Å². The second-order valence-electron chi connectivity index (χ2n) is 6.23. The van der Waals surface area contributed by atoms with E-state index in [1.54, 1.807) is 16.6 Å². The van der Waals surface area contributed by atoms with Crippen LogP contribution >= 0.6 is 0 Å². The summed E-state index contributed by atoms with van der Waals surface area (Å²) in [6.45, 7) is 3.75. The molecular weight excluding hydrogens is 346 g/mol. The first-order valence-corrected chi connectivity index (χ1v) is 8.49. The molecule has 0 bridgehead atoms. The number of nitrogens with zero attached hydrogens (tertiary/aromatic N) is 6. The van der Waals surface area contributed by atoms with Gasteiger partial charge in [0.15, 0.2) is 0 Å². The van der Waals surface area contributed by atoms with Crippen molar-refractivity contribution in [1.82, 2.24) is 19.6 Å². The van der Waals surface area contributed by atoms with Crippen LogP contribution in [0.3, 0.4) is 0 Å². The minimum atomic E-state index is -0.436. The topological polar surface area (TPSA) is 105 Å². The molecule has 0 saturated carbocycles. The van der Waals surface area contributed by atoms with Crippen molar-refractivity contribution in [2.24, 2.45) is 5.10 Å². The van der Waals surface area contributed by atoms with Crippen LogP contribution < -0.4 is 10.3 Å². The number of benzene rings is 1. The molecule has 2 aromatic heterocycles. The standard InChI is InChI=1S/C18H17N7O2/c1-11-10-12(2)24-18(19-11)21-17(23-24)20-16(27)14-8-9-15(26)25(22-14)13-6-4-3-5-7-13/h3-7,10H,8-9H2,1-2H3,(H,20,23,27). The van der Waals surface area contributed by atoms with Gasteiger partial charge in [0.1, 0.15) is 5.71 Å². The maximum atomic E-state index is 12.6. The van der Waals surface area contributed by atoms with Gasteiger partial charge in [-0.15, -0.1) is 5.10 Å². The van der Waals surface area contributed by atoms with E-state index in [4.69, 9.17) is 0 Å². The van der Waals surface area contributed by atoms with Gasteiger partial charge in [-0.1, -0.05) is 18.2 Å². The van der Waals surface area contributed by atoms with Gasteiger partial charge in [-0.05, 0) is 32.0 Å². The largest absolute Gasteiger partial charge is 0.288 e. The first-order chi connectivity index (χ1) is 13.0. The van der Waals surface area contributed by atoms with Gasteiger partial charge in [0, 0.05) is 24.2 Å². The highest BCUT2D eigenvalue weighted by Crippen LogP contribution is 2.20. The third-order valence-electron chi connectivity index (χ3n) is 4.14. The quantitative estimate of drug-likeness (QED) is 0.765. The predicted octanol–water partition coefficient (Wildman–Crippen LogP) is 1.86. The highest BCUT2D eigenvalue weighted by Gasteiger charge is 2.26. The number of hydrogen-bond acceptors (Lipinski definition) is 6. The molecule has 136 valence electrons. The molecule has 0 fully saturated rings. The van der Waals surface area contributed by atoms with Crippen molar-refractivity contribution in [3.8, 4) is 0 Å². The average Bonchev–Trinajstić information content (AvgIpc) is 3.05. The first-order valence-electron chi connectivity index (χ1n) is 8.49. The number of fused-ring (bicyclic) bond motifs is 1. The fraction of sp³-hybridized carbons (Fsp3) is 0.222. The smallest absolute Gasteiger partial charge is 0.274 e. The minimum absolute atomic E-state index is 0.145. The molecule has 27 heavy (non-hydrogen) atoms. The second kappa shape index (κ2) is 6.60. The first kappa shape index (κ1) is 16.8. The van der Waals surface area contributed by atoms with Crippen LogP contribution in [0.4, 0.5) is 11.6 Å². The van der Waals surface area contributed by atoms with Crippen molar-refractivity contribution in [3.05, 3.63) is 47.8 Å². The van der Waals surface area contributed by atoms with E-state index in [-0.39, 0.29) is 30.4 Å². The maximum absolute atomic E-state index is 12.6. The zero-order valence-electron chi connectivity index (χ0n) is 14.9. The SMILES string of the molecule is Cc1cc(C)n2nc(NC(=O)C3=NN(c4ccccc4)C(=O)CC3)nc2n1. The third-order valence-corrected chi connectivity index (χ3v) is 4.14. The molecule has 1 N–H and O–H groups in total. The zero-order valence-corrected chi connectivity index (χ0v) is 14.9. The molecule has 1 aliphatic heterocycles. The van der Waals surface area contributed by atoms with Gasteiger partial charge in [0.2, 0.25) is 5.91 Å². The van der Waals surface area contributed by atoms with E-state index in [9.17, 15) is 9.59 Å². The lowest BCUT2D eigenvalue weighted by Crippen LogP contribution is -2.36. The van der Waals surface area contributed by atoms with Crippen molar-refractivity contribution in [2.45, 2.75) is 26.7 Å². The normalized spacial score (nSPS) is 14.4. The molecular formula is C18H17N7O2. The Morgan fingerprint density at radius 2 is 1.89 bits per heavy atom. The molecule has 0 spiro atoms. The number of carbonyl (C=O) groups is 2. The Morgan fingerprint density at radius 3 is 2.67 bits per heavy atom. The van der Waals surface area contributed by atoms with Crippen LogP contribution in [-0.2, 0) is 9.59 Å². The number of carbonyl (C=O) groups excluding carboxylic acids is 2. The van der Waals surface area contributed by atoms with Gasteiger partial charge in [-0.2, -0.15) is 14.6 Å². The highest BCUT2D eigenvalue weighted by molar-refractivity contribution is 6.44. The van der Waals surface area contributed by atoms with Crippen molar-refractivity contribution in [3.63, 3.8) is 0 Å². The van der Waals surface area contributed by atoms with E-state index in [0.29, 0.717) is 11.5 Å². The Kier molecular flexibility index (Phi) is 4.11. The van der Waals surface area contributed by atoms with Crippen LogP contribution in [-0.4, -0.2) is 37.1 Å². The lowest BCUT2D eigenvalue weighted by Gasteiger charge is -2.22. The summed E-state index contributed by atoms with van der Waals surface area (Å²) in [7, 11) is 0. The van der Waals surface area contributed by atoms with Gasteiger partial charge in [0.25, 0.3) is 17.6 Å².